The first-order valence-corrected chi connectivity index (χ1v) is 10.5. The molecule has 1 saturated heterocycles. The lowest BCUT2D eigenvalue weighted by molar-refractivity contribution is -0.0311. The van der Waals surface area contributed by atoms with Crippen LogP contribution in [0.4, 0.5) is 5.69 Å². The normalized spacial score (nSPS) is 23.6. The fraction of sp³-hybridized carbons (Fsp3) is 0.435. The fourth-order valence-electron chi connectivity index (χ4n) is 4.94. The zero-order valence-corrected chi connectivity index (χ0v) is 18.4. The van der Waals surface area contributed by atoms with Gasteiger partial charge in [-0.1, -0.05) is 12.1 Å². The predicted molar refractivity (Wildman–Crippen MR) is 120 cm³/mol. The molecule has 31 heavy (non-hydrogen) atoms. The first kappa shape index (κ1) is 21.3. The van der Waals surface area contributed by atoms with E-state index in [0.29, 0.717) is 41.2 Å². The first-order chi connectivity index (χ1) is 15.0. The number of benzene rings is 2. The van der Waals surface area contributed by atoms with Crippen LogP contribution in [0, 0.1) is 0 Å². The average Bonchev–Trinajstić information content (AvgIpc) is 3.13. The fourth-order valence-corrected chi connectivity index (χ4v) is 4.94. The molecule has 2 aromatic carbocycles. The maximum atomic E-state index is 12.7. The number of nitrogens with zero attached hydrogens (tertiary/aromatic N) is 2. The number of H-pyrrole nitrogens is 1. The highest BCUT2D eigenvalue weighted by molar-refractivity contribution is 5.75. The van der Waals surface area contributed by atoms with E-state index in [9.17, 15) is 9.90 Å². The number of fused-ring (bicyclic) bond motifs is 1. The largest absolute Gasteiger partial charge is 0.492 e. The van der Waals surface area contributed by atoms with Gasteiger partial charge in [0.25, 0.3) is 0 Å². The van der Waals surface area contributed by atoms with Crippen molar-refractivity contribution in [2.45, 2.75) is 32.0 Å². The minimum Gasteiger partial charge on any atom is -0.492 e. The van der Waals surface area contributed by atoms with E-state index in [4.69, 9.17) is 14.2 Å². The molecule has 3 atom stereocenters. The summed E-state index contributed by atoms with van der Waals surface area (Å²) < 4.78 is 18.7. The molecule has 1 aliphatic heterocycles. The van der Waals surface area contributed by atoms with Crippen molar-refractivity contribution in [2.24, 2.45) is 0 Å². The predicted octanol–water partition coefficient (Wildman–Crippen LogP) is 3.04. The van der Waals surface area contributed by atoms with Gasteiger partial charge in [0.15, 0.2) is 17.7 Å². The minimum absolute atomic E-state index is 0.0847. The molecule has 0 radical (unpaired) electrons. The lowest BCUT2D eigenvalue weighted by Crippen LogP contribution is -2.61. The number of hydrogen-bond donors (Lipinski definition) is 2. The van der Waals surface area contributed by atoms with E-state index >= 15 is 0 Å². The Morgan fingerprint density at radius 1 is 1.13 bits per heavy atom. The van der Waals surface area contributed by atoms with E-state index in [1.165, 1.54) is 0 Å². The zero-order chi connectivity index (χ0) is 22.2. The van der Waals surface area contributed by atoms with Gasteiger partial charge in [0.2, 0.25) is 5.75 Å². The van der Waals surface area contributed by atoms with E-state index in [2.05, 4.69) is 11.9 Å². The number of quaternary nitrogens is 1. The smallest absolute Gasteiger partial charge is 0.326 e. The van der Waals surface area contributed by atoms with Crippen molar-refractivity contribution in [1.82, 2.24) is 14.0 Å². The average molecular weight is 429 g/mol. The number of methoxy groups -OCH3 is 3. The Hall–Kier alpha value is -2.97. The maximum absolute atomic E-state index is 12.7. The van der Waals surface area contributed by atoms with Crippen LogP contribution in [-0.2, 0) is 0 Å². The van der Waals surface area contributed by atoms with Gasteiger partial charge in [-0.15, -0.1) is 0 Å². The van der Waals surface area contributed by atoms with E-state index in [0.717, 1.165) is 23.1 Å². The number of hydrogen-bond acceptors (Lipinski definition) is 5. The van der Waals surface area contributed by atoms with Crippen LogP contribution in [0.25, 0.3) is 11.0 Å². The Kier molecular flexibility index (Phi) is 5.68. The molecule has 0 aliphatic carbocycles. The molecule has 1 aromatic heterocycles. The van der Waals surface area contributed by atoms with Crippen molar-refractivity contribution in [3.8, 4) is 17.2 Å². The first-order valence-electron chi connectivity index (χ1n) is 10.5. The summed E-state index contributed by atoms with van der Waals surface area (Å²) in [6, 6.07) is 11.4. The topological polar surface area (TPSA) is 85.7 Å². The summed E-state index contributed by atoms with van der Waals surface area (Å²) in [4.78, 5) is 15.6. The van der Waals surface area contributed by atoms with Crippen molar-refractivity contribution in [2.75, 3.05) is 34.4 Å². The molecule has 0 spiro atoms. The third kappa shape index (κ3) is 3.36. The summed E-state index contributed by atoms with van der Waals surface area (Å²) in [7, 11) is 4.75. The highest BCUT2D eigenvalue weighted by Crippen LogP contribution is 2.45. The number of aromatic amines is 1. The molecule has 1 fully saturated rings. The summed E-state index contributed by atoms with van der Waals surface area (Å²) >= 11 is 0. The van der Waals surface area contributed by atoms with E-state index in [-0.39, 0.29) is 11.7 Å². The molecule has 166 valence electrons. The molecule has 8 heteroatoms. The van der Waals surface area contributed by atoms with Crippen LogP contribution in [0.2, 0.25) is 0 Å². The van der Waals surface area contributed by atoms with Crippen LogP contribution in [-0.4, -0.2) is 55.3 Å². The molecular formula is C23H30N3O5+. The molecule has 2 N–H and O–H groups in total. The number of imidazole rings is 1. The number of aliphatic hydroxyl groups is 1. The van der Waals surface area contributed by atoms with Crippen molar-refractivity contribution >= 4 is 16.7 Å². The SMILES string of the molecule is CC[N+]1(c2cc(OC)c(OC)c(OC)c2)CCC(n2c(=O)[nH]c3ccccc32)CC1O. The van der Waals surface area contributed by atoms with E-state index in [1.807, 2.05) is 36.4 Å². The van der Waals surface area contributed by atoms with Gasteiger partial charge in [0.1, 0.15) is 5.69 Å². The second-order valence-electron chi connectivity index (χ2n) is 7.93. The van der Waals surface area contributed by atoms with Gasteiger partial charge in [-0.3, -0.25) is 9.05 Å². The zero-order valence-electron chi connectivity index (χ0n) is 18.4. The van der Waals surface area contributed by atoms with Crippen LogP contribution in [0.5, 0.6) is 17.2 Å². The monoisotopic (exact) mass is 428 g/mol. The lowest BCUT2D eigenvalue weighted by Gasteiger charge is -2.46. The van der Waals surface area contributed by atoms with Gasteiger partial charge in [-0.05, 0) is 19.1 Å². The van der Waals surface area contributed by atoms with Gasteiger partial charge in [-0.2, -0.15) is 0 Å². The summed E-state index contributed by atoms with van der Waals surface area (Å²) in [6.07, 6.45) is 0.530. The molecule has 3 aromatic rings. The Labute approximate surface area is 181 Å². The Balaban J connectivity index is 1.72. The number of para-hydroxylation sites is 2. The number of likely N-dealkylation sites (tertiary alicyclic amines) is 1. The van der Waals surface area contributed by atoms with Crippen molar-refractivity contribution in [3.05, 3.63) is 46.9 Å². The second kappa shape index (κ2) is 8.28. The summed E-state index contributed by atoms with van der Waals surface area (Å²) in [5.74, 6) is 1.65. The third-order valence-electron chi connectivity index (χ3n) is 6.63. The van der Waals surface area contributed by atoms with Gasteiger partial charge in [0, 0.05) is 25.0 Å². The number of rotatable bonds is 6. The molecule has 3 unspecified atom stereocenters. The van der Waals surface area contributed by atoms with Crippen molar-refractivity contribution in [1.29, 1.82) is 0 Å². The summed E-state index contributed by atoms with van der Waals surface area (Å²) in [5, 5.41) is 11.4. The van der Waals surface area contributed by atoms with Crippen molar-refractivity contribution < 1.29 is 19.3 Å². The van der Waals surface area contributed by atoms with Crippen LogP contribution in [0.3, 0.4) is 0 Å². The molecule has 0 bridgehead atoms. The van der Waals surface area contributed by atoms with Crippen LogP contribution >= 0.6 is 0 Å². The highest BCUT2D eigenvalue weighted by atomic mass is 16.5. The summed E-state index contributed by atoms with van der Waals surface area (Å²) in [5.41, 5.74) is 2.44. The Morgan fingerprint density at radius 3 is 2.39 bits per heavy atom. The van der Waals surface area contributed by atoms with Crippen molar-refractivity contribution in [3.63, 3.8) is 0 Å². The van der Waals surface area contributed by atoms with Gasteiger partial charge < -0.3 is 24.3 Å². The molecular weight excluding hydrogens is 398 g/mol. The molecule has 2 heterocycles. The van der Waals surface area contributed by atoms with Gasteiger partial charge in [0.05, 0.1) is 51.5 Å². The number of aromatic nitrogens is 2. The van der Waals surface area contributed by atoms with Crippen LogP contribution < -0.4 is 24.4 Å². The number of piperidine rings is 1. The molecule has 1 aliphatic rings. The highest BCUT2D eigenvalue weighted by Gasteiger charge is 2.44. The molecule has 0 amide bonds. The standard InChI is InChI=1S/C23H29N3O5/c1-5-26(16-13-19(29-2)22(31-4)20(14-16)30-3)11-10-15(12-21(26)27)25-18-9-7-6-8-17(18)24-23(25)28/h6-9,13-15,21,27H,5,10-12H2,1-4H3/p+1. The van der Waals surface area contributed by atoms with Gasteiger partial charge in [-0.25, -0.2) is 4.79 Å². The number of aliphatic hydroxyl groups excluding tert-OH is 1. The van der Waals surface area contributed by atoms with Crippen LogP contribution in [0.1, 0.15) is 25.8 Å². The molecule has 0 saturated carbocycles. The molecule has 4 rings (SSSR count). The number of nitrogens with one attached hydrogen (secondary N) is 1. The minimum atomic E-state index is -0.688. The maximum Gasteiger partial charge on any atom is 0.326 e. The lowest BCUT2D eigenvalue weighted by atomic mass is 9.98. The quantitative estimate of drug-likeness (QED) is 0.590. The van der Waals surface area contributed by atoms with Gasteiger partial charge >= 0.3 is 5.69 Å². The Bertz CT molecular complexity index is 1110. The van der Waals surface area contributed by atoms with E-state index in [1.54, 1.807) is 25.9 Å². The number of ether oxygens (including phenoxy) is 3. The Morgan fingerprint density at radius 2 is 1.81 bits per heavy atom. The van der Waals surface area contributed by atoms with Crippen LogP contribution in [0.15, 0.2) is 41.2 Å². The van der Waals surface area contributed by atoms with E-state index < -0.39 is 6.23 Å². The second-order valence-corrected chi connectivity index (χ2v) is 7.93. The summed E-state index contributed by atoms with van der Waals surface area (Å²) in [6.45, 7) is 3.42. The molecule has 8 nitrogen and oxygen atoms in total. The third-order valence-corrected chi connectivity index (χ3v) is 6.63.